The van der Waals surface area contributed by atoms with Crippen molar-refractivity contribution in [2.75, 3.05) is 6.61 Å². The molecule has 1 heterocycles. The van der Waals surface area contributed by atoms with Crippen LogP contribution in [-0.2, 0) is 17.6 Å². The lowest BCUT2D eigenvalue weighted by Gasteiger charge is -2.30. The molecule has 2 amide bonds. The first kappa shape index (κ1) is 22.4. The fourth-order valence-electron chi connectivity index (χ4n) is 3.31. The third kappa shape index (κ3) is 6.09. The van der Waals surface area contributed by atoms with Crippen molar-refractivity contribution in [2.45, 2.75) is 31.3 Å². The van der Waals surface area contributed by atoms with Gasteiger partial charge in [-0.25, -0.2) is 4.79 Å². The van der Waals surface area contributed by atoms with Gasteiger partial charge in [-0.05, 0) is 36.0 Å². The summed E-state index contributed by atoms with van der Waals surface area (Å²) in [6.07, 6.45) is -0.723. The lowest BCUT2D eigenvalue weighted by molar-refractivity contribution is -0.127. The Morgan fingerprint density at radius 3 is 2.39 bits per heavy atom. The van der Waals surface area contributed by atoms with Gasteiger partial charge in [-0.3, -0.25) is 4.79 Å². The Kier molecular flexibility index (Phi) is 7.32. The molecule has 31 heavy (non-hydrogen) atoms. The van der Waals surface area contributed by atoms with Crippen molar-refractivity contribution >= 4 is 23.5 Å². The van der Waals surface area contributed by atoms with E-state index in [1.54, 1.807) is 0 Å². The van der Waals surface area contributed by atoms with Crippen molar-refractivity contribution in [3.63, 3.8) is 0 Å². The van der Waals surface area contributed by atoms with Crippen molar-refractivity contribution < 1.29 is 19.8 Å². The zero-order chi connectivity index (χ0) is 22.3. The molecule has 0 aliphatic carbocycles. The van der Waals surface area contributed by atoms with Gasteiger partial charge in [0, 0.05) is 17.4 Å². The quantitative estimate of drug-likeness (QED) is 0.405. The van der Waals surface area contributed by atoms with Gasteiger partial charge >= 0.3 is 6.09 Å². The number of carbonyl (C=O) groups excluding carboxylic acids is 1. The second-order valence-electron chi connectivity index (χ2n) is 7.47. The molecule has 0 aliphatic rings. The van der Waals surface area contributed by atoms with Crippen molar-refractivity contribution in [1.29, 1.82) is 0 Å². The van der Waals surface area contributed by atoms with Crippen LogP contribution in [-0.4, -0.2) is 50.0 Å². The summed E-state index contributed by atoms with van der Waals surface area (Å²) in [4.78, 5) is 24.5. The SMILES string of the molecule is CC(Cc1ccc(-c2csnn2)cc1)(NC(=O)O)C(=O)N[C@H](CO)Cc1ccccc1. The molecule has 8 nitrogen and oxygen atoms in total. The monoisotopic (exact) mass is 440 g/mol. The van der Waals surface area contributed by atoms with Crippen molar-refractivity contribution in [3.05, 3.63) is 71.1 Å². The van der Waals surface area contributed by atoms with E-state index in [-0.39, 0.29) is 13.0 Å². The van der Waals surface area contributed by atoms with E-state index in [2.05, 4.69) is 20.2 Å². The van der Waals surface area contributed by atoms with Crippen molar-refractivity contribution in [3.8, 4) is 11.3 Å². The van der Waals surface area contributed by atoms with E-state index < -0.39 is 23.6 Å². The summed E-state index contributed by atoms with van der Waals surface area (Å²) < 4.78 is 3.84. The van der Waals surface area contributed by atoms with Crippen molar-refractivity contribution in [1.82, 2.24) is 20.2 Å². The van der Waals surface area contributed by atoms with Crippen LogP contribution in [0.25, 0.3) is 11.3 Å². The summed E-state index contributed by atoms with van der Waals surface area (Å²) in [6.45, 7) is 1.27. The van der Waals surface area contributed by atoms with Gasteiger partial charge in [-0.2, -0.15) is 0 Å². The minimum Gasteiger partial charge on any atom is -0.465 e. The maximum Gasteiger partial charge on any atom is 0.405 e. The minimum absolute atomic E-state index is 0.143. The van der Waals surface area contributed by atoms with E-state index in [0.29, 0.717) is 6.42 Å². The number of amides is 2. The highest BCUT2D eigenvalue weighted by Crippen LogP contribution is 2.21. The number of carboxylic acid groups (broad SMARTS) is 1. The molecular weight excluding hydrogens is 416 g/mol. The number of aliphatic hydroxyl groups excluding tert-OH is 1. The van der Waals surface area contributed by atoms with Gasteiger partial charge in [0.15, 0.2) is 0 Å². The number of nitrogens with one attached hydrogen (secondary N) is 2. The maximum absolute atomic E-state index is 13.1. The van der Waals surface area contributed by atoms with Gasteiger partial charge in [0.25, 0.3) is 0 Å². The Morgan fingerprint density at radius 2 is 1.81 bits per heavy atom. The summed E-state index contributed by atoms with van der Waals surface area (Å²) in [6, 6.07) is 16.3. The molecule has 0 saturated carbocycles. The van der Waals surface area contributed by atoms with E-state index >= 15 is 0 Å². The molecule has 3 rings (SSSR count). The van der Waals surface area contributed by atoms with Crippen LogP contribution in [0.1, 0.15) is 18.1 Å². The van der Waals surface area contributed by atoms with Gasteiger partial charge < -0.3 is 20.8 Å². The van der Waals surface area contributed by atoms with Crippen LogP contribution < -0.4 is 10.6 Å². The average Bonchev–Trinajstić information content (AvgIpc) is 3.29. The first-order chi connectivity index (χ1) is 14.9. The molecule has 0 bridgehead atoms. The van der Waals surface area contributed by atoms with Gasteiger partial charge in [0.1, 0.15) is 11.2 Å². The average molecular weight is 441 g/mol. The van der Waals surface area contributed by atoms with E-state index in [1.165, 1.54) is 18.5 Å². The second-order valence-corrected chi connectivity index (χ2v) is 8.08. The fourth-order valence-corrected chi connectivity index (χ4v) is 3.78. The molecule has 9 heteroatoms. The van der Waals surface area contributed by atoms with E-state index in [9.17, 15) is 19.8 Å². The number of aromatic nitrogens is 2. The summed E-state index contributed by atoms with van der Waals surface area (Å²) >= 11 is 1.26. The highest BCUT2D eigenvalue weighted by molar-refractivity contribution is 7.03. The van der Waals surface area contributed by atoms with E-state index in [1.807, 2.05) is 60.0 Å². The Hall–Kier alpha value is -3.30. The summed E-state index contributed by atoms with van der Waals surface area (Å²) in [5.41, 5.74) is 1.97. The molecule has 2 atom stereocenters. The fraction of sp³-hybridized carbons (Fsp3) is 0.273. The molecular formula is C22H24N4O4S. The Labute approximate surface area is 184 Å². The number of benzene rings is 2. The highest BCUT2D eigenvalue weighted by atomic mass is 32.1. The molecule has 0 fully saturated rings. The third-order valence-electron chi connectivity index (χ3n) is 4.93. The normalized spacial score (nSPS) is 13.7. The first-order valence-electron chi connectivity index (χ1n) is 9.73. The van der Waals surface area contributed by atoms with Crippen LogP contribution in [0.5, 0.6) is 0 Å². The predicted molar refractivity (Wildman–Crippen MR) is 118 cm³/mol. The second kappa shape index (κ2) is 10.1. The summed E-state index contributed by atoms with van der Waals surface area (Å²) in [5, 5.41) is 30.0. The Morgan fingerprint density at radius 1 is 1.10 bits per heavy atom. The van der Waals surface area contributed by atoms with Crippen LogP contribution in [0.4, 0.5) is 4.79 Å². The number of rotatable bonds is 9. The lowest BCUT2D eigenvalue weighted by atomic mass is 9.90. The standard InChI is InChI=1S/C22H24N4O4S/c1-22(24-21(29)30,12-16-7-9-17(10-8-16)19-14-31-26-25-19)20(28)23-18(13-27)11-15-5-3-2-4-6-15/h2-10,14,18,24,27H,11-13H2,1H3,(H,23,28)(H,29,30)/t18-,22?/m0/s1. The zero-order valence-corrected chi connectivity index (χ0v) is 17.8. The predicted octanol–water partition coefficient (Wildman–Crippen LogP) is 2.49. The van der Waals surface area contributed by atoms with Gasteiger partial charge in [0.05, 0.1) is 12.6 Å². The van der Waals surface area contributed by atoms with E-state index in [4.69, 9.17) is 0 Å². The lowest BCUT2D eigenvalue weighted by Crippen LogP contribution is -2.60. The maximum atomic E-state index is 13.1. The topological polar surface area (TPSA) is 124 Å². The third-order valence-corrected chi connectivity index (χ3v) is 5.44. The Bertz CT molecular complexity index is 996. The van der Waals surface area contributed by atoms with Crippen molar-refractivity contribution in [2.24, 2.45) is 0 Å². The van der Waals surface area contributed by atoms with Gasteiger partial charge in [-0.15, -0.1) is 5.10 Å². The van der Waals surface area contributed by atoms with E-state index in [0.717, 1.165) is 22.4 Å². The Balaban J connectivity index is 1.73. The van der Waals surface area contributed by atoms with Crippen LogP contribution in [0, 0.1) is 0 Å². The molecule has 3 aromatic rings. The summed E-state index contributed by atoms with van der Waals surface area (Å²) in [5.74, 6) is -0.502. The van der Waals surface area contributed by atoms with Crippen LogP contribution in [0.2, 0.25) is 0 Å². The number of hydrogen-bond acceptors (Lipinski definition) is 6. The molecule has 0 radical (unpaired) electrons. The number of hydrogen-bond donors (Lipinski definition) is 4. The molecule has 162 valence electrons. The molecule has 0 aliphatic heterocycles. The van der Waals surface area contributed by atoms with Crippen LogP contribution in [0.3, 0.4) is 0 Å². The first-order valence-corrected chi connectivity index (χ1v) is 10.6. The summed E-state index contributed by atoms with van der Waals surface area (Å²) in [7, 11) is 0. The number of carbonyl (C=O) groups is 2. The molecule has 1 unspecified atom stereocenters. The van der Waals surface area contributed by atoms with Crippen LogP contribution >= 0.6 is 11.5 Å². The molecule has 0 saturated heterocycles. The zero-order valence-electron chi connectivity index (χ0n) is 17.0. The molecule has 1 aromatic heterocycles. The van der Waals surface area contributed by atoms with Crippen LogP contribution in [0.15, 0.2) is 60.0 Å². The molecule has 4 N–H and O–H groups in total. The number of nitrogens with zero attached hydrogens (tertiary/aromatic N) is 2. The van der Waals surface area contributed by atoms with Gasteiger partial charge in [-0.1, -0.05) is 59.1 Å². The smallest absolute Gasteiger partial charge is 0.405 e. The largest absolute Gasteiger partial charge is 0.465 e. The molecule has 2 aromatic carbocycles. The van der Waals surface area contributed by atoms with Gasteiger partial charge in [0.2, 0.25) is 5.91 Å². The highest BCUT2D eigenvalue weighted by Gasteiger charge is 2.36. The minimum atomic E-state index is -1.42. The number of aliphatic hydroxyl groups is 1. The molecule has 0 spiro atoms.